The maximum absolute atomic E-state index is 13.7. The molecule has 29 heavy (non-hydrogen) atoms. The first-order valence-corrected chi connectivity index (χ1v) is 10.7. The average molecular weight is 435 g/mol. The molecule has 2 aromatic carbocycles. The van der Waals surface area contributed by atoms with Crippen LogP contribution in [0.2, 0.25) is 0 Å². The first-order valence-electron chi connectivity index (χ1n) is 7.59. The Kier molecular flexibility index (Phi) is 6.61. The Balaban J connectivity index is 2.18. The van der Waals surface area contributed by atoms with Gasteiger partial charge in [0.25, 0.3) is 0 Å². The minimum Gasteiger partial charge on any atom is -0.207 e. The molecule has 11 heteroatoms. The first kappa shape index (κ1) is 21.9. The first-order chi connectivity index (χ1) is 13.5. The Bertz CT molecular complexity index is 1200. The smallest absolute Gasteiger partial charge is 0.207 e. The van der Waals surface area contributed by atoms with Gasteiger partial charge in [0.05, 0.1) is 23.3 Å². The summed E-state index contributed by atoms with van der Waals surface area (Å²) in [5, 5.41) is 18.2. The monoisotopic (exact) mass is 435 g/mol. The fourth-order valence-corrected chi connectivity index (χ4v) is 4.40. The Morgan fingerprint density at radius 1 is 0.759 bits per heavy atom. The molecule has 0 aliphatic carbocycles. The lowest BCUT2D eigenvalue weighted by atomic mass is 10.1. The molecule has 0 saturated heterocycles. The fourth-order valence-electron chi connectivity index (χ4n) is 2.01. The van der Waals surface area contributed by atoms with E-state index in [2.05, 4.69) is 0 Å². The van der Waals surface area contributed by atoms with Crippen molar-refractivity contribution in [2.24, 2.45) is 0 Å². The Labute approximate surface area is 165 Å². The van der Waals surface area contributed by atoms with E-state index in [1.165, 1.54) is 16.3 Å². The van der Waals surface area contributed by atoms with Crippen molar-refractivity contribution in [3.63, 3.8) is 0 Å². The molecule has 0 saturated carbocycles. The van der Waals surface area contributed by atoms with Gasteiger partial charge < -0.3 is 0 Å². The van der Waals surface area contributed by atoms with Crippen LogP contribution in [0.25, 0.3) is 12.2 Å². The Morgan fingerprint density at radius 2 is 1.14 bits per heavy atom. The highest BCUT2D eigenvalue weighted by Crippen LogP contribution is 2.14. The van der Waals surface area contributed by atoms with Crippen molar-refractivity contribution < 1.29 is 25.6 Å². The Hall–Kier alpha value is -3.38. The minimum atomic E-state index is -4.53. The van der Waals surface area contributed by atoms with E-state index in [1.807, 2.05) is 0 Å². The maximum Gasteiger partial charge on any atom is 0.246 e. The van der Waals surface area contributed by atoms with Gasteiger partial charge in [-0.1, -0.05) is 12.1 Å². The van der Waals surface area contributed by atoms with Gasteiger partial charge in [0.2, 0.25) is 20.0 Å². The van der Waals surface area contributed by atoms with Crippen LogP contribution in [-0.2, 0) is 20.0 Å². The molecular formula is C18H11F2N3O4S2. The maximum atomic E-state index is 13.7. The van der Waals surface area contributed by atoms with Gasteiger partial charge in [-0.3, -0.25) is 0 Å². The fraction of sp³-hybridized carbons (Fsp3) is 0. The molecule has 0 bridgehead atoms. The van der Waals surface area contributed by atoms with Crippen LogP contribution in [-0.4, -0.2) is 16.8 Å². The van der Waals surface area contributed by atoms with Crippen LogP contribution < -0.4 is 4.13 Å². The molecule has 0 spiro atoms. The zero-order valence-electron chi connectivity index (χ0n) is 14.4. The van der Waals surface area contributed by atoms with Gasteiger partial charge in [0.1, 0.15) is 11.6 Å². The summed E-state index contributed by atoms with van der Waals surface area (Å²) in [6.07, 6.45) is 1.64. The average Bonchev–Trinajstić information content (AvgIpc) is 2.65. The van der Waals surface area contributed by atoms with Crippen LogP contribution in [0.5, 0.6) is 0 Å². The van der Waals surface area contributed by atoms with Gasteiger partial charge in [-0.2, -0.15) is 10.5 Å². The molecule has 1 N–H and O–H groups in total. The highest BCUT2D eigenvalue weighted by atomic mass is 32.3. The third kappa shape index (κ3) is 6.33. The van der Waals surface area contributed by atoms with E-state index < -0.39 is 31.7 Å². The van der Waals surface area contributed by atoms with Crippen LogP contribution >= 0.6 is 0 Å². The van der Waals surface area contributed by atoms with Crippen LogP contribution in [0.4, 0.5) is 8.78 Å². The second kappa shape index (κ2) is 8.75. The number of nitrogens with one attached hydrogen (secondary N) is 1. The molecular weight excluding hydrogens is 424 g/mol. The van der Waals surface area contributed by atoms with Gasteiger partial charge in [-0.15, -0.1) is 4.13 Å². The molecule has 0 aliphatic rings. The third-order valence-electron chi connectivity index (χ3n) is 3.34. The van der Waals surface area contributed by atoms with Crippen molar-refractivity contribution in [1.82, 2.24) is 4.13 Å². The molecule has 0 aromatic heterocycles. The van der Waals surface area contributed by atoms with Gasteiger partial charge in [-0.25, -0.2) is 25.6 Å². The topological polar surface area (TPSA) is 128 Å². The molecule has 2 aromatic rings. The quantitative estimate of drug-likeness (QED) is 0.743. The number of hydrogen-bond acceptors (Lipinski definition) is 6. The van der Waals surface area contributed by atoms with Crippen molar-refractivity contribution in [1.29, 1.82) is 10.5 Å². The lowest BCUT2D eigenvalue weighted by molar-refractivity contribution is 0.587. The van der Waals surface area contributed by atoms with E-state index in [1.54, 1.807) is 12.1 Å². The minimum absolute atomic E-state index is 0.0309. The standard InChI is InChI=1S/C18H11F2N3O4S2/c19-17-9-13(11-21)1-3-15(17)5-7-28(24,25)23-29(26,27)8-6-16-4-2-14(12-22)10-18(16)20/h1-10,23H/b7-5-,8-6+. The van der Waals surface area contributed by atoms with Gasteiger partial charge in [-0.05, 0) is 36.4 Å². The zero-order chi connectivity index (χ0) is 21.7. The van der Waals surface area contributed by atoms with Crippen LogP contribution in [0.1, 0.15) is 22.3 Å². The van der Waals surface area contributed by atoms with E-state index in [4.69, 9.17) is 10.5 Å². The molecule has 0 amide bonds. The summed E-state index contributed by atoms with van der Waals surface area (Å²) < 4.78 is 76.6. The molecule has 0 atom stereocenters. The summed E-state index contributed by atoms with van der Waals surface area (Å²) in [7, 11) is -9.07. The molecule has 0 radical (unpaired) electrons. The molecule has 0 unspecified atom stereocenters. The Morgan fingerprint density at radius 3 is 1.45 bits per heavy atom. The molecule has 0 heterocycles. The third-order valence-corrected chi connectivity index (χ3v) is 6.19. The van der Waals surface area contributed by atoms with Crippen molar-refractivity contribution in [3.8, 4) is 12.1 Å². The number of sulfonamides is 2. The lowest BCUT2D eigenvalue weighted by Gasteiger charge is -2.02. The van der Waals surface area contributed by atoms with E-state index in [-0.39, 0.29) is 22.3 Å². The highest BCUT2D eigenvalue weighted by molar-refractivity contribution is 8.07. The zero-order valence-corrected chi connectivity index (χ0v) is 16.0. The molecule has 0 fully saturated rings. The van der Waals surface area contributed by atoms with E-state index in [0.717, 1.165) is 36.4 Å². The second-order valence-corrected chi connectivity index (χ2v) is 8.87. The van der Waals surface area contributed by atoms with Crippen molar-refractivity contribution in [3.05, 3.63) is 81.1 Å². The number of hydrogen-bond donors (Lipinski definition) is 1. The number of rotatable bonds is 6. The predicted molar refractivity (Wildman–Crippen MR) is 101 cm³/mol. The number of nitrogens with zero attached hydrogens (tertiary/aromatic N) is 2. The normalized spacial score (nSPS) is 12.1. The van der Waals surface area contributed by atoms with E-state index >= 15 is 0 Å². The van der Waals surface area contributed by atoms with Crippen molar-refractivity contribution in [2.45, 2.75) is 0 Å². The van der Waals surface area contributed by atoms with Crippen LogP contribution in [0.3, 0.4) is 0 Å². The SMILES string of the molecule is N#Cc1ccc(/C=C\S(=O)(=O)NS(=O)(=O)/C=C/c2ccc(C#N)cc2F)c(F)c1. The second-order valence-electron chi connectivity index (χ2n) is 5.48. The molecule has 7 nitrogen and oxygen atoms in total. The molecule has 148 valence electrons. The summed E-state index contributed by atoms with van der Waals surface area (Å²) in [6, 6.07) is 10.0. The lowest BCUT2D eigenvalue weighted by Crippen LogP contribution is -2.27. The summed E-state index contributed by atoms with van der Waals surface area (Å²) in [5.74, 6) is -1.73. The highest BCUT2D eigenvalue weighted by Gasteiger charge is 2.16. The van der Waals surface area contributed by atoms with Gasteiger partial charge in [0.15, 0.2) is 0 Å². The predicted octanol–water partition coefficient (Wildman–Crippen LogP) is 2.60. The van der Waals surface area contributed by atoms with Gasteiger partial charge in [0, 0.05) is 21.9 Å². The number of nitriles is 2. The molecule has 0 aliphatic heterocycles. The molecule has 2 rings (SSSR count). The number of benzene rings is 2. The largest absolute Gasteiger partial charge is 0.246 e. The summed E-state index contributed by atoms with van der Waals surface area (Å²) in [6.45, 7) is 0. The van der Waals surface area contributed by atoms with Crippen molar-refractivity contribution >= 4 is 32.2 Å². The van der Waals surface area contributed by atoms with E-state index in [9.17, 15) is 25.6 Å². The summed E-state index contributed by atoms with van der Waals surface area (Å²) >= 11 is 0. The van der Waals surface area contributed by atoms with Crippen LogP contribution in [0.15, 0.2) is 47.2 Å². The van der Waals surface area contributed by atoms with Crippen LogP contribution in [0, 0.1) is 34.3 Å². The van der Waals surface area contributed by atoms with Gasteiger partial charge >= 0.3 is 0 Å². The number of halogens is 2. The van der Waals surface area contributed by atoms with Crippen molar-refractivity contribution in [2.75, 3.05) is 0 Å². The summed E-state index contributed by atoms with van der Waals surface area (Å²) in [5.41, 5.74) is -0.296. The van der Waals surface area contributed by atoms with E-state index in [0.29, 0.717) is 10.8 Å². The summed E-state index contributed by atoms with van der Waals surface area (Å²) in [4.78, 5) is 0.